The predicted molar refractivity (Wildman–Crippen MR) is 103 cm³/mol. The molecular weight excluding hydrogens is 456 g/mol. The highest BCUT2D eigenvalue weighted by Crippen LogP contribution is 2.23. The normalized spacial score (nSPS) is 13.2. The molecule has 0 aliphatic carbocycles. The van der Waals surface area contributed by atoms with E-state index in [1.807, 2.05) is 12.1 Å². The largest absolute Gasteiger partial charge is 0.480 e. The van der Waals surface area contributed by atoms with E-state index < -0.39 is 29.1 Å². The van der Waals surface area contributed by atoms with E-state index in [1.54, 1.807) is 34.6 Å². The zero-order valence-corrected chi connectivity index (χ0v) is 18.2. The van der Waals surface area contributed by atoms with Crippen molar-refractivity contribution in [3.05, 3.63) is 28.0 Å². The van der Waals surface area contributed by atoms with Crippen LogP contribution in [0.1, 0.15) is 46.0 Å². The van der Waals surface area contributed by atoms with E-state index in [0.29, 0.717) is 11.8 Å². The molecule has 25 heavy (non-hydrogen) atoms. The van der Waals surface area contributed by atoms with Gasteiger partial charge in [-0.2, -0.15) is 0 Å². The van der Waals surface area contributed by atoms with Crippen LogP contribution in [0.2, 0.25) is 0 Å². The summed E-state index contributed by atoms with van der Waals surface area (Å²) >= 11 is 6.80. The van der Waals surface area contributed by atoms with Gasteiger partial charge in [-0.15, -0.1) is 0 Å². The Labute approximate surface area is 165 Å². The fraction of sp³-hybridized carbons (Fsp3) is 0.588. The predicted octanol–water partition coefficient (Wildman–Crippen LogP) is 4.29. The molecule has 6 nitrogen and oxygen atoms in total. The molecule has 1 atom stereocenters. The number of carbonyl (C=O) groups excluding carboxylic acids is 1. The van der Waals surface area contributed by atoms with Gasteiger partial charge in [-0.05, 0) is 47.3 Å². The standard InChI is InChI=1S/C17H24Br2N2O4/c1-16(2,3)13(14(22)23)21-15(24)25-17(4,5)8-10-6-7-11(19)12(9-18)20-10/h6-7,13H,8-9H2,1-5H3,(H,21,24)(H,22,23). The van der Waals surface area contributed by atoms with E-state index >= 15 is 0 Å². The van der Waals surface area contributed by atoms with Crippen molar-refractivity contribution in [1.29, 1.82) is 0 Å². The third kappa shape index (κ3) is 6.93. The van der Waals surface area contributed by atoms with Crippen LogP contribution in [0, 0.1) is 5.41 Å². The van der Waals surface area contributed by atoms with Gasteiger partial charge < -0.3 is 15.2 Å². The summed E-state index contributed by atoms with van der Waals surface area (Å²) in [6.07, 6.45) is -0.355. The molecule has 0 aliphatic heterocycles. The van der Waals surface area contributed by atoms with E-state index in [-0.39, 0.29) is 0 Å². The molecule has 2 N–H and O–H groups in total. The molecule has 1 aromatic heterocycles. The fourth-order valence-corrected chi connectivity index (χ4v) is 3.41. The van der Waals surface area contributed by atoms with E-state index in [4.69, 9.17) is 4.74 Å². The number of aromatic nitrogens is 1. The minimum Gasteiger partial charge on any atom is -0.480 e. The Kier molecular flexibility index (Phi) is 7.43. The second-order valence-electron chi connectivity index (χ2n) is 7.47. The zero-order valence-electron chi connectivity index (χ0n) is 15.0. The number of carboxylic acid groups (broad SMARTS) is 1. The monoisotopic (exact) mass is 478 g/mol. The quantitative estimate of drug-likeness (QED) is 0.594. The number of nitrogens with zero attached hydrogens (tertiary/aromatic N) is 1. The van der Waals surface area contributed by atoms with Gasteiger partial charge in [0.15, 0.2) is 0 Å². The van der Waals surface area contributed by atoms with Crippen molar-refractivity contribution in [2.24, 2.45) is 5.41 Å². The Morgan fingerprint density at radius 3 is 2.36 bits per heavy atom. The third-order valence-electron chi connectivity index (χ3n) is 3.45. The average molecular weight is 480 g/mol. The summed E-state index contributed by atoms with van der Waals surface area (Å²) in [4.78, 5) is 28.0. The Hall–Kier alpha value is -1.15. The number of amides is 1. The number of carbonyl (C=O) groups is 2. The second-order valence-corrected chi connectivity index (χ2v) is 8.89. The molecule has 0 aromatic carbocycles. The first kappa shape index (κ1) is 21.9. The molecule has 8 heteroatoms. The summed E-state index contributed by atoms with van der Waals surface area (Å²) in [6, 6.07) is 2.71. The summed E-state index contributed by atoms with van der Waals surface area (Å²) in [5.74, 6) is -1.10. The molecule has 0 bridgehead atoms. The summed E-state index contributed by atoms with van der Waals surface area (Å²) in [5.41, 5.74) is 0.167. The lowest BCUT2D eigenvalue weighted by molar-refractivity contribution is -0.142. The Balaban J connectivity index is 2.79. The fourth-order valence-electron chi connectivity index (χ4n) is 2.24. The molecule has 0 saturated heterocycles. The van der Waals surface area contributed by atoms with Crippen LogP contribution in [0.5, 0.6) is 0 Å². The summed E-state index contributed by atoms with van der Waals surface area (Å²) < 4.78 is 6.35. The third-order valence-corrected chi connectivity index (χ3v) is 4.71. The number of pyridine rings is 1. The second kappa shape index (κ2) is 8.49. The number of rotatable bonds is 6. The van der Waals surface area contributed by atoms with Crippen LogP contribution >= 0.6 is 31.9 Å². The summed E-state index contributed by atoms with van der Waals surface area (Å²) in [6.45, 7) is 8.74. The van der Waals surface area contributed by atoms with Crippen molar-refractivity contribution in [2.45, 2.75) is 58.0 Å². The number of nitrogens with one attached hydrogen (secondary N) is 1. The maximum Gasteiger partial charge on any atom is 0.408 e. The van der Waals surface area contributed by atoms with Gasteiger partial charge >= 0.3 is 12.1 Å². The first-order valence-corrected chi connectivity index (χ1v) is 9.70. The van der Waals surface area contributed by atoms with Gasteiger partial charge in [0.2, 0.25) is 0 Å². The van der Waals surface area contributed by atoms with Crippen LogP contribution in [0.15, 0.2) is 16.6 Å². The van der Waals surface area contributed by atoms with Crippen LogP contribution < -0.4 is 5.32 Å². The topological polar surface area (TPSA) is 88.5 Å². The van der Waals surface area contributed by atoms with Crippen molar-refractivity contribution < 1.29 is 19.4 Å². The number of halogens is 2. The first-order valence-electron chi connectivity index (χ1n) is 7.78. The molecule has 1 amide bonds. The lowest BCUT2D eigenvalue weighted by Crippen LogP contribution is -2.50. The molecular formula is C17H24Br2N2O4. The number of carboxylic acids is 1. The number of ether oxygens (including phenoxy) is 1. The Morgan fingerprint density at radius 2 is 1.88 bits per heavy atom. The molecule has 1 rings (SSSR count). The average Bonchev–Trinajstić information content (AvgIpc) is 2.44. The smallest absolute Gasteiger partial charge is 0.408 e. The maximum atomic E-state index is 12.2. The first-order chi connectivity index (χ1) is 11.4. The van der Waals surface area contributed by atoms with Crippen molar-refractivity contribution in [3.8, 4) is 0 Å². The molecule has 140 valence electrons. The minimum atomic E-state index is -1.10. The molecule has 0 saturated carbocycles. The Bertz CT molecular complexity index is 642. The molecule has 1 aromatic rings. The van der Waals surface area contributed by atoms with Gasteiger partial charge in [0, 0.05) is 21.9 Å². The number of hydrogen-bond donors (Lipinski definition) is 2. The van der Waals surface area contributed by atoms with Gasteiger partial charge in [-0.25, -0.2) is 9.59 Å². The summed E-state index contributed by atoms with van der Waals surface area (Å²) in [7, 11) is 0. The molecule has 0 aliphatic rings. The van der Waals surface area contributed by atoms with Gasteiger partial charge in [0.1, 0.15) is 11.6 Å². The van der Waals surface area contributed by atoms with Gasteiger partial charge in [-0.1, -0.05) is 36.7 Å². The van der Waals surface area contributed by atoms with Crippen molar-refractivity contribution in [2.75, 3.05) is 0 Å². The maximum absolute atomic E-state index is 12.2. The lowest BCUT2D eigenvalue weighted by Gasteiger charge is -2.30. The van der Waals surface area contributed by atoms with Crippen molar-refractivity contribution in [1.82, 2.24) is 10.3 Å². The van der Waals surface area contributed by atoms with Crippen LogP contribution in [-0.4, -0.2) is 33.8 Å². The number of aliphatic carboxylic acids is 1. The van der Waals surface area contributed by atoms with Gasteiger partial charge in [0.05, 0.1) is 5.69 Å². The van der Waals surface area contributed by atoms with Crippen LogP contribution in [0.4, 0.5) is 4.79 Å². The van der Waals surface area contributed by atoms with E-state index in [0.717, 1.165) is 15.9 Å². The van der Waals surface area contributed by atoms with Crippen LogP contribution in [0.3, 0.4) is 0 Å². The zero-order chi connectivity index (χ0) is 19.4. The van der Waals surface area contributed by atoms with Crippen molar-refractivity contribution >= 4 is 43.9 Å². The molecule has 1 heterocycles. The minimum absolute atomic E-state index is 0.404. The van der Waals surface area contributed by atoms with Crippen LogP contribution in [0.25, 0.3) is 0 Å². The molecule has 1 unspecified atom stereocenters. The van der Waals surface area contributed by atoms with Crippen LogP contribution in [-0.2, 0) is 21.3 Å². The van der Waals surface area contributed by atoms with Gasteiger partial charge in [0.25, 0.3) is 0 Å². The number of alkyl carbamates (subject to hydrolysis) is 1. The molecule has 0 radical (unpaired) electrons. The highest BCUT2D eigenvalue weighted by atomic mass is 79.9. The number of hydrogen-bond acceptors (Lipinski definition) is 4. The SMILES string of the molecule is CC(C)(Cc1ccc(Br)c(CBr)n1)OC(=O)NC(C(=O)O)C(C)(C)C. The number of alkyl halides is 1. The summed E-state index contributed by atoms with van der Waals surface area (Å²) in [5, 5.41) is 12.3. The van der Waals surface area contributed by atoms with E-state index in [9.17, 15) is 14.7 Å². The lowest BCUT2D eigenvalue weighted by atomic mass is 9.87. The molecule has 0 spiro atoms. The highest BCUT2D eigenvalue weighted by Gasteiger charge is 2.34. The highest BCUT2D eigenvalue weighted by molar-refractivity contribution is 9.10. The van der Waals surface area contributed by atoms with E-state index in [2.05, 4.69) is 42.2 Å². The molecule has 0 fully saturated rings. The van der Waals surface area contributed by atoms with E-state index in [1.165, 1.54) is 0 Å². The van der Waals surface area contributed by atoms with Crippen molar-refractivity contribution in [3.63, 3.8) is 0 Å². The Morgan fingerprint density at radius 1 is 1.28 bits per heavy atom. The van der Waals surface area contributed by atoms with Gasteiger partial charge in [-0.3, -0.25) is 4.98 Å².